The number of rotatable bonds is 17. The van der Waals surface area contributed by atoms with E-state index in [1.165, 1.54) is 25.7 Å². The summed E-state index contributed by atoms with van der Waals surface area (Å²) < 4.78 is 37.0. The van der Waals surface area contributed by atoms with E-state index in [4.69, 9.17) is 9.29 Å². The van der Waals surface area contributed by atoms with Gasteiger partial charge in [0.2, 0.25) is 0 Å². The molecule has 0 spiro atoms. The first kappa shape index (κ1) is 30.0. The molecule has 0 radical (unpaired) electrons. The topological polar surface area (TPSA) is 121 Å². The smallest absolute Gasteiger partial charge is 0.550 e. The Balaban J connectivity index is 0. The maximum atomic E-state index is 12.1. The molecule has 0 fully saturated rings. The van der Waals surface area contributed by atoms with Crippen molar-refractivity contribution in [3.63, 3.8) is 0 Å². The molecule has 7 nitrogen and oxygen atoms in total. The summed E-state index contributed by atoms with van der Waals surface area (Å²) in [7, 11) is -4.86. The average Bonchev–Trinajstić information content (AvgIpc) is 2.57. The Kier molecular flexibility index (Phi) is 19.0. The second-order valence-electron chi connectivity index (χ2n) is 7.04. The second kappa shape index (κ2) is 17.7. The SMILES string of the molecule is CCCCCCCCCC(CCCCC)OC(=O)C(CC(=O)[O-])S(=O)(=O)O.[Na+]. The van der Waals surface area contributed by atoms with Crippen LogP contribution in [0.15, 0.2) is 0 Å². The standard InChI is InChI=1S/C19H36O7S.Na/c1-3-5-7-8-9-10-12-14-16(13-11-6-4-2)26-19(22)17(15-18(20)21)27(23,24)25;/h16-17H,3-15H2,1-2H3,(H,20,21)(H,23,24,25);/q;+1/p-1. The Labute approximate surface area is 192 Å². The number of carboxylic acid groups (broad SMARTS) is 1. The van der Waals surface area contributed by atoms with Gasteiger partial charge in [0.15, 0.2) is 5.25 Å². The fourth-order valence-electron chi connectivity index (χ4n) is 2.92. The Hall–Kier alpha value is -0.150. The van der Waals surface area contributed by atoms with Gasteiger partial charge in [0, 0.05) is 12.4 Å². The minimum absolute atomic E-state index is 0. The summed E-state index contributed by atoms with van der Waals surface area (Å²) in [6.45, 7) is 4.21. The summed E-state index contributed by atoms with van der Waals surface area (Å²) in [6, 6.07) is 0. The van der Waals surface area contributed by atoms with Gasteiger partial charge in [0.25, 0.3) is 10.1 Å². The van der Waals surface area contributed by atoms with Gasteiger partial charge in [-0.15, -0.1) is 0 Å². The van der Waals surface area contributed by atoms with Gasteiger partial charge in [0.1, 0.15) is 6.10 Å². The van der Waals surface area contributed by atoms with Crippen molar-refractivity contribution in [2.24, 2.45) is 0 Å². The number of esters is 1. The molecule has 0 heterocycles. The quantitative estimate of drug-likeness (QED) is 0.149. The molecule has 0 saturated carbocycles. The fourth-order valence-corrected chi connectivity index (χ4v) is 3.56. The van der Waals surface area contributed by atoms with Gasteiger partial charge < -0.3 is 14.6 Å². The molecule has 0 aromatic rings. The van der Waals surface area contributed by atoms with Crippen molar-refractivity contribution < 1.29 is 62.0 Å². The molecule has 0 rings (SSSR count). The van der Waals surface area contributed by atoms with Crippen molar-refractivity contribution in [3.8, 4) is 0 Å². The first-order valence-electron chi connectivity index (χ1n) is 10.1. The van der Waals surface area contributed by atoms with E-state index >= 15 is 0 Å². The third-order valence-corrected chi connectivity index (χ3v) is 5.59. The molecule has 0 aliphatic rings. The van der Waals surface area contributed by atoms with Crippen molar-refractivity contribution in [2.75, 3.05) is 0 Å². The predicted molar refractivity (Wildman–Crippen MR) is 102 cm³/mol. The molecule has 160 valence electrons. The van der Waals surface area contributed by atoms with Crippen LogP contribution in [0.25, 0.3) is 0 Å². The number of hydrogen-bond acceptors (Lipinski definition) is 6. The zero-order valence-electron chi connectivity index (χ0n) is 17.7. The Morgan fingerprint density at radius 2 is 1.32 bits per heavy atom. The maximum Gasteiger partial charge on any atom is 1.00 e. The van der Waals surface area contributed by atoms with Crippen LogP contribution in [0, 0.1) is 0 Å². The Morgan fingerprint density at radius 1 is 0.893 bits per heavy atom. The summed E-state index contributed by atoms with van der Waals surface area (Å²) >= 11 is 0. The van der Waals surface area contributed by atoms with Crippen LogP contribution in [0.5, 0.6) is 0 Å². The van der Waals surface area contributed by atoms with Crippen LogP contribution in [-0.4, -0.2) is 36.3 Å². The van der Waals surface area contributed by atoms with Gasteiger partial charge in [-0.3, -0.25) is 9.35 Å². The van der Waals surface area contributed by atoms with E-state index in [-0.39, 0.29) is 29.6 Å². The van der Waals surface area contributed by atoms with Crippen molar-refractivity contribution >= 4 is 22.1 Å². The van der Waals surface area contributed by atoms with Gasteiger partial charge in [-0.1, -0.05) is 65.2 Å². The van der Waals surface area contributed by atoms with Crippen LogP contribution in [0.1, 0.15) is 97.3 Å². The predicted octanol–water partition coefficient (Wildman–Crippen LogP) is 0.0196. The van der Waals surface area contributed by atoms with Gasteiger partial charge >= 0.3 is 35.5 Å². The van der Waals surface area contributed by atoms with E-state index in [2.05, 4.69) is 6.92 Å². The van der Waals surface area contributed by atoms with Crippen LogP contribution < -0.4 is 34.7 Å². The molecule has 0 aliphatic heterocycles. The number of aliphatic carboxylic acids is 1. The number of unbranched alkanes of at least 4 members (excludes halogenated alkanes) is 8. The molecular weight excluding hydrogens is 395 g/mol. The molecule has 2 atom stereocenters. The molecule has 1 N–H and O–H groups in total. The number of carbonyl (C=O) groups is 2. The molecule has 0 saturated heterocycles. The van der Waals surface area contributed by atoms with E-state index in [0.29, 0.717) is 12.8 Å². The van der Waals surface area contributed by atoms with E-state index in [1.807, 2.05) is 6.92 Å². The normalized spacial score (nSPS) is 13.4. The van der Waals surface area contributed by atoms with Gasteiger partial charge in [-0.25, -0.2) is 0 Å². The first-order valence-corrected chi connectivity index (χ1v) is 11.6. The summed E-state index contributed by atoms with van der Waals surface area (Å²) in [5.41, 5.74) is 0. The van der Waals surface area contributed by atoms with E-state index < -0.39 is 39.8 Å². The monoisotopic (exact) mass is 430 g/mol. The molecule has 0 bridgehead atoms. The first-order chi connectivity index (χ1) is 12.7. The summed E-state index contributed by atoms with van der Waals surface area (Å²) in [5.74, 6) is -2.95. The number of hydrogen-bond donors (Lipinski definition) is 1. The number of ether oxygens (including phenoxy) is 1. The minimum atomic E-state index is -4.86. The zero-order chi connectivity index (χ0) is 20.7. The number of carboxylic acids is 1. The van der Waals surface area contributed by atoms with Gasteiger partial charge in [0.05, 0.1) is 0 Å². The minimum Gasteiger partial charge on any atom is -0.550 e. The van der Waals surface area contributed by atoms with Gasteiger partial charge in [-0.2, -0.15) is 8.42 Å². The van der Waals surface area contributed by atoms with Crippen molar-refractivity contribution in [1.82, 2.24) is 0 Å². The molecular formula is C19H35NaO7S. The van der Waals surface area contributed by atoms with E-state index in [9.17, 15) is 23.1 Å². The number of carbonyl (C=O) groups excluding carboxylic acids is 2. The van der Waals surface area contributed by atoms with Crippen molar-refractivity contribution in [2.45, 2.75) is 109 Å². The van der Waals surface area contributed by atoms with Crippen LogP contribution in [0.4, 0.5) is 0 Å². The van der Waals surface area contributed by atoms with Crippen molar-refractivity contribution in [3.05, 3.63) is 0 Å². The zero-order valence-corrected chi connectivity index (χ0v) is 20.5. The molecule has 0 amide bonds. The largest absolute Gasteiger partial charge is 1.00 e. The van der Waals surface area contributed by atoms with Crippen LogP contribution >= 0.6 is 0 Å². The Bertz CT molecular complexity index is 522. The summed E-state index contributed by atoms with van der Waals surface area (Å²) in [6.07, 6.45) is 10.2. The van der Waals surface area contributed by atoms with Crippen molar-refractivity contribution in [1.29, 1.82) is 0 Å². The second-order valence-corrected chi connectivity index (χ2v) is 8.64. The van der Waals surface area contributed by atoms with Crippen LogP contribution in [-0.2, 0) is 24.4 Å². The maximum absolute atomic E-state index is 12.1. The molecule has 2 unspecified atom stereocenters. The molecule has 28 heavy (non-hydrogen) atoms. The molecule has 0 aromatic carbocycles. The van der Waals surface area contributed by atoms with Gasteiger partial charge in [-0.05, 0) is 25.7 Å². The average molecular weight is 431 g/mol. The van der Waals surface area contributed by atoms with E-state index in [1.54, 1.807) is 0 Å². The summed E-state index contributed by atoms with van der Waals surface area (Å²) in [5, 5.41) is 8.55. The van der Waals surface area contributed by atoms with Crippen LogP contribution in [0.2, 0.25) is 0 Å². The molecule has 0 aliphatic carbocycles. The third-order valence-electron chi connectivity index (χ3n) is 4.52. The summed E-state index contributed by atoms with van der Waals surface area (Å²) in [4.78, 5) is 22.8. The van der Waals surface area contributed by atoms with E-state index in [0.717, 1.165) is 38.5 Å². The third kappa shape index (κ3) is 15.7. The molecule has 9 heteroatoms. The molecule has 0 aromatic heterocycles. The Morgan fingerprint density at radius 3 is 1.79 bits per heavy atom. The van der Waals surface area contributed by atoms with Crippen LogP contribution in [0.3, 0.4) is 0 Å². The fraction of sp³-hybridized carbons (Fsp3) is 0.895.